The first-order chi connectivity index (χ1) is 6.20. The van der Waals surface area contributed by atoms with Crippen molar-refractivity contribution in [2.24, 2.45) is 5.41 Å². The van der Waals surface area contributed by atoms with Gasteiger partial charge >= 0.3 is 0 Å². The fourth-order valence-corrected chi connectivity index (χ4v) is 1.29. The van der Waals surface area contributed by atoms with Gasteiger partial charge in [0.05, 0.1) is 0 Å². The molecular weight excluding hydrogens is 142 g/mol. The molecule has 1 rings (SSSR count). The van der Waals surface area contributed by atoms with E-state index in [0.717, 1.165) is 6.42 Å². The Hall–Kier alpha value is -0.570. The predicted molar refractivity (Wildman–Crippen MR) is 41.8 cm³/mol. The highest BCUT2D eigenvalue weighted by Gasteiger charge is 2.34. The number of amides is 1. The van der Waals surface area contributed by atoms with Crippen LogP contribution in [0.4, 0.5) is 0 Å². The second kappa shape index (κ2) is 2.81. The molecule has 3 heteroatoms. The molecule has 1 aliphatic rings. The van der Waals surface area contributed by atoms with Crippen molar-refractivity contribution >= 4 is 5.91 Å². The first kappa shape index (κ1) is 6.00. The zero-order valence-corrected chi connectivity index (χ0v) is 6.55. The van der Waals surface area contributed by atoms with E-state index in [-0.39, 0.29) is 26.4 Å². The van der Waals surface area contributed by atoms with Crippen LogP contribution in [-0.4, -0.2) is 29.2 Å². The zero-order valence-electron chi connectivity index (χ0n) is 8.55. The smallest absolute Gasteiger partial charge is 0.230 e. The third kappa shape index (κ3) is 1.53. The lowest BCUT2D eigenvalue weighted by atomic mass is 9.83. The Bertz CT molecular complexity index is 195. The van der Waals surface area contributed by atoms with E-state index < -0.39 is 5.41 Å². The Labute approximate surface area is 69.8 Å². The van der Waals surface area contributed by atoms with Crippen LogP contribution in [0.15, 0.2) is 0 Å². The highest BCUT2D eigenvalue weighted by Crippen LogP contribution is 2.29. The third-order valence-electron chi connectivity index (χ3n) is 1.99. The normalized spacial score (nSPS) is 26.3. The monoisotopic (exact) mass is 159 g/mol. The molecule has 1 amide bonds. The standard InChI is InChI=1S/C8H15NO2/c1-8(2)4-3-5-9(6-10)7(8)11/h10H,3-6H2,1-2H3/i1D,2D. The molecule has 11 heavy (non-hydrogen) atoms. The molecule has 0 aliphatic carbocycles. The Morgan fingerprint density at radius 3 is 3.09 bits per heavy atom. The number of carbonyl (C=O) groups excluding carboxylic acids is 1. The lowest BCUT2D eigenvalue weighted by Gasteiger charge is -2.35. The summed E-state index contributed by atoms with van der Waals surface area (Å²) >= 11 is 0. The fraction of sp³-hybridized carbons (Fsp3) is 0.875. The van der Waals surface area contributed by atoms with Crippen LogP contribution >= 0.6 is 0 Å². The zero-order chi connectivity index (χ0) is 9.90. The molecule has 0 bridgehead atoms. The molecule has 1 aliphatic heterocycles. The second-order valence-electron chi connectivity index (χ2n) is 3.09. The van der Waals surface area contributed by atoms with E-state index in [9.17, 15) is 4.79 Å². The van der Waals surface area contributed by atoms with E-state index in [0.29, 0.717) is 13.0 Å². The molecule has 1 heterocycles. The van der Waals surface area contributed by atoms with Crippen LogP contribution < -0.4 is 0 Å². The molecule has 0 aromatic carbocycles. The van der Waals surface area contributed by atoms with Crippen molar-refractivity contribution in [2.45, 2.75) is 26.6 Å². The summed E-state index contributed by atoms with van der Waals surface area (Å²) in [6.45, 7) is 0.162. The topological polar surface area (TPSA) is 40.5 Å². The number of carbonyl (C=O) groups is 1. The van der Waals surface area contributed by atoms with Gasteiger partial charge in [0.25, 0.3) is 0 Å². The maximum absolute atomic E-state index is 11.7. The summed E-state index contributed by atoms with van der Waals surface area (Å²) in [6.07, 6.45) is 1.39. The lowest BCUT2D eigenvalue weighted by molar-refractivity contribution is -0.148. The first-order valence-electron chi connectivity index (χ1n) is 5.10. The molecule has 1 saturated heterocycles. The van der Waals surface area contributed by atoms with E-state index in [1.165, 1.54) is 4.90 Å². The van der Waals surface area contributed by atoms with Gasteiger partial charge < -0.3 is 10.0 Å². The van der Waals surface area contributed by atoms with Crippen molar-refractivity contribution in [3.8, 4) is 0 Å². The van der Waals surface area contributed by atoms with Crippen LogP contribution in [0.2, 0.25) is 0 Å². The Morgan fingerprint density at radius 2 is 2.55 bits per heavy atom. The molecule has 0 atom stereocenters. The second-order valence-corrected chi connectivity index (χ2v) is 3.09. The number of piperidine rings is 1. The molecule has 1 N–H and O–H groups in total. The predicted octanol–water partition coefficient (Wildman–Crippen LogP) is 0.585. The van der Waals surface area contributed by atoms with Gasteiger partial charge in [-0.2, -0.15) is 0 Å². The average Bonchev–Trinajstić information content (AvgIpc) is 2.19. The van der Waals surface area contributed by atoms with E-state index in [1.807, 2.05) is 0 Å². The lowest BCUT2D eigenvalue weighted by Crippen LogP contribution is -2.46. The van der Waals surface area contributed by atoms with Crippen LogP contribution in [0.5, 0.6) is 0 Å². The number of rotatable bonds is 1. The molecule has 0 aromatic heterocycles. The maximum Gasteiger partial charge on any atom is 0.230 e. The van der Waals surface area contributed by atoms with Crippen LogP contribution in [-0.2, 0) is 4.79 Å². The van der Waals surface area contributed by atoms with Gasteiger partial charge in [0.2, 0.25) is 5.91 Å². The van der Waals surface area contributed by atoms with Crippen LogP contribution in [0.1, 0.15) is 29.4 Å². The SMILES string of the molecule is [2H]CC1(C[2H])CCCN(CO)C1=O. The number of hydrogen-bond donors (Lipinski definition) is 1. The Kier molecular flexibility index (Phi) is 1.54. The van der Waals surface area contributed by atoms with E-state index >= 15 is 0 Å². The van der Waals surface area contributed by atoms with Crippen molar-refractivity contribution in [3.63, 3.8) is 0 Å². The largest absolute Gasteiger partial charge is 0.376 e. The molecule has 0 saturated carbocycles. The summed E-state index contributed by atoms with van der Waals surface area (Å²) in [7, 11) is 0. The summed E-state index contributed by atoms with van der Waals surface area (Å²) in [4.78, 5) is 13.0. The molecule has 0 aromatic rings. The number of aliphatic hydroxyl groups is 1. The average molecular weight is 159 g/mol. The fourth-order valence-electron chi connectivity index (χ4n) is 1.29. The maximum atomic E-state index is 11.7. The summed E-state index contributed by atoms with van der Waals surface area (Å²) < 4.78 is 14.6. The van der Waals surface area contributed by atoms with Gasteiger partial charge in [-0.25, -0.2) is 0 Å². The van der Waals surface area contributed by atoms with Crippen molar-refractivity contribution in [1.82, 2.24) is 4.90 Å². The van der Waals surface area contributed by atoms with E-state index in [1.54, 1.807) is 0 Å². The van der Waals surface area contributed by atoms with Gasteiger partial charge in [-0.05, 0) is 12.8 Å². The Morgan fingerprint density at radius 1 is 1.82 bits per heavy atom. The summed E-state index contributed by atoms with van der Waals surface area (Å²) in [5.41, 5.74) is -0.846. The van der Waals surface area contributed by atoms with Gasteiger partial charge in [0.15, 0.2) is 0 Å². The number of aliphatic hydroxyl groups excluding tert-OH is 1. The van der Waals surface area contributed by atoms with Gasteiger partial charge in [-0.15, -0.1) is 0 Å². The van der Waals surface area contributed by atoms with Gasteiger partial charge in [-0.1, -0.05) is 13.8 Å². The van der Waals surface area contributed by atoms with E-state index in [2.05, 4.69) is 0 Å². The van der Waals surface area contributed by atoms with E-state index in [4.69, 9.17) is 7.85 Å². The molecule has 0 unspecified atom stereocenters. The molecule has 3 nitrogen and oxygen atoms in total. The summed E-state index contributed by atoms with van der Waals surface area (Å²) in [5.74, 6) is -0.230. The molecule has 0 radical (unpaired) electrons. The molecule has 1 fully saturated rings. The van der Waals surface area contributed by atoms with Crippen LogP contribution in [0.3, 0.4) is 0 Å². The van der Waals surface area contributed by atoms with Crippen molar-refractivity contribution < 1.29 is 12.6 Å². The summed E-state index contributed by atoms with van der Waals surface area (Å²) in [6, 6.07) is 0. The van der Waals surface area contributed by atoms with Gasteiger partial charge in [0.1, 0.15) is 6.73 Å². The number of likely N-dealkylation sites (tertiary alicyclic amines) is 1. The highest BCUT2D eigenvalue weighted by molar-refractivity contribution is 5.82. The highest BCUT2D eigenvalue weighted by atomic mass is 16.3. The van der Waals surface area contributed by atoms with Crippen molar-refractivity contribution in [1.29, 1.82) is 0 Å². The van der Waals surface area contributed by atoms with Crippen molar-refractivity contribution in [2.75, 3.05) is 13.3 Å². The summed E-state index contributed by atoms with van der Waals surface area (Å²) in [5, 5.41) is 8.87. The van der Waals surface area contributed by atoms with Gasteiger partial charge in [-0.3, -0.25) is 4.79 Å². The quantitative estimate of drug-likeness (QED) is 0.608. The molecule has 64 valence electrons. The number of nitrogens with zero attached hydrogens (tertiary/aromatic N) is 1. The van der Waals surface area contributed by atoms with Crippen LogP contribution in [0.25, 0.3) is 0 Å². The minimum Gasteiger partial charge on any atom is -0.376 e. The van der Waals surface area contributed by atoms with Gasteiger partial charge in [0, 0.05) is 14.7 Å². The minimum atomic E-state index is -0.846. The third-order valence-corrected chi connectivity index (χ3v) is 1.99. The first-order valence-corrected chi connectivity index (χ1v) is 3.69. The number of hydrogen-bond acceptors (Lipinski definition) is 2. The molecule has 0 spiro atoms. The van der Waals surface area contributed by atoms with Crippen LogP contribution in [0, 0.1) is 5.41 Å². The van der Waals surface area contributed by atoms with Crippen molar-refractivity contribution in [3.05, 3.63) is 0 Å². The minimum absolute atomic E-state index is 0.0498. The Balaban J connectivity index is 2.79. The molecular formula is C8H15NO2.